The van der Waals surface area contributed by atoms with Gasteiger partial charge >= 0.3 is 0 Å². The van der Waals surface area contributed by atoms with E-state index in [0.717, 1.165) is 22.4 Å². The van der Waals surface area contributed by atoms with Crippen molar-refractivity contribution in [3.63, 3.8) is 0 Å². The van der Waals surface area contributed by atoms with E-state index in [2.05, 4.69) is 25.1 Å². The summed E-state index contributed by atoms with van der Waals surface area (Å²) in [5, 5.41) is 8.73. The second kappa shape index (κ2) is 8.97. The van der Waals surface area contributed by atoms with Crippen molar-refractivity contribution < 1.29 is 8.42 Å². The minimum atomic E-state index is -3.51. The summed E-state index contributed by atoms with van der Waals surface area (Å²) in [7, 11) is -3.51. The Morgan fingerprint density at radius 3 is 2.48 bits per heavy atom. The maximum Gasteiger partial charge on any atom is 0.233 e. The van der Waals surface area contributed by atoms with Gasteiger partial charge in [0.05, 0.1) is 5.69 Å². The predicted octanol–water partition coefficient (Wildman–Crippen LogP) is 2.59. The number of hydrogen-bond donors (Lipinski definition) is 2. The third-order valence-corrected chi connectivity index (χ3v) is 5.13. The molecule has 0 amide bonds. The lowest BCUT2D eigenvalue weighted by Crippen LogP contribution is -2.27. The van der Waals surface area contributed by atoms with Gasteiger partial charge in [-0.15, -0.1) is 0 Å². The van der Waals surface area contributed by atoms with E-state index in [1.807, 2.05) is 50.2 Å². The number of nitrogens with one attached hydrogen (secondary N) is 2. The van der Waals surface area contributed by atoms with Crippen molar-refractivity contribution in [1.82, 2.24) is 24.5 Å². The van der Waals surface area contributed by atoms with Crippen LogP contribution in [0.2, 0.25) is 0 Å². The molecule has 3 rings (SSSR count). The van der Waals surface area contributed by atoms with Crippen LogP contribution in [0.25, 0.3) is 11.9 Å². The number of aromatic nitrogens is 4. The van der Waals surface area contributed by atoms with Crippen LogP contribution < -0.4 is 10.0 Å². The van der Waals surface area contributed by atoms with Crippen molar-refractivity contribution in [2.24, 2.45) is 0 Å². The molecule has 0 spiro atoms. The number of sulfonamides is 1. The van der Waals surface area contributed by atoms with Crippen LogP contribution in [0.4, 0.5) is 5.82 Å². The van der Waals surface area contributed by atoms with Crippen LogP contribution in [0.5, 0.6) is 0 Å². The molecule has 0 saturated heterocycles. The SMILES string of the molecule is Cc1cc(C)n(-c2cc(NCCNS(=O)(=O)/C=C/c3ccccc3)nc(C)n2)n1. The Kier molecular flexibility index (Phi) is 6.40. The molecule has 1 aromatic carbocycles. The Hall–Kier alpha value is -3.04. The first-order valence-electron chi connectivity index (χ1n) is 9.18. The molecule has 29 heavy (non-hydrogen) atoms. The first-order chi connectivity index (χ1) is 13.8. The summed E-state index contributed by atoms with van der Waals surface area (Å²) >= 11 is 0. The van der Waals surface area contributed by atoms with Crippen LogP contribution in [0.15, 0.2) is 47.9 Å². The molecule has 0 aliphatic rings. The second-order valence-corrected chi connectivity index (χ2v) is 8.23. The zero-order valence-corrected chi connectivity index (χ0v) is 17.4. The molecule has 0 bridgehead atoms. The van der Waals surface area contributed by atoms with Gasteiger partial charge < -0.3 is 5.32 Å². The van der Waals surface area contributed by atoms with Crippen LogP contribution in [0.3, 0.4) is 0 Å². The summed E-state index contributed by atoms with van der Waals surface area (Å²) in [6.07, 6.45) is 1.56. The molecule has 2 heterocycles. The lowest BCUT2D eigenvalue weighted by molar-refractivity contribution is 0.592. The van der Waals surface area contributed by atoms with Gasteiger partial charge in [-0.1, -0.05) is 30.3 Å². The van der Waals surface area contributed by atoms with E-state index in [4.69, 9.17) is 0 Å². The Morgan fingerprint density at radius 1 is 1.03 bits per heavy atom. The van der Waals surface area contributed by atoms with Gasteiger partial charge in [0.15, 0.2) is 5.82 Å². The highest BCUT2D eigenvalue weighted by Crippen LogP contribution is 2.13. The number of nitrogens with zero attached hydrogens (tertiary/aromatic N) is 4. The van der Waals surface area contributed by atoms with E-state index in [-0.39, 0.29) is 6.54 Å². The van der Waals surface area contributed by atoms with E-state index >= 15 is 0 Å². The average Bonchev–Trinajstić information content (AvgIpc) is 3.02. The molecule has 3 aromatic rings. The summed E-state index contributed by atoms with van der Waals surface area (Å²) < 4.78 is 28.5. The second-order valence-electron chi connectivity index (χ2n) is 6.58. The molecule has 0 aliphatic carbocycles. The molecule has 0 atom stereocenters. The van der Waals surface area contributed by atoms with Crippen molar-refractivity contribution in [2.45, 2.75) is 20.8 Å². The lowest BCUT2D eigenvalue weighted by atomic mass is 10.2. The molecule has 0 radical (unpaired) electrons. The number of rotatable bonds is 8. The van der Waals surface area contributed by atoms with Crippen molar-refractivity contribution in [3.8, 4) is 5.82 Å². The highest BCUT2D eigenvalue weighted by molar-refractivity contribution is 7.92. The number of hydrogen-bond acceptors (Lipinski definition) is 6. The normalized spacial score (nSPS) is 11.8. The fourth-order valence-corrected chi connectivity index (χ4v) is 3.60. The van der Waals surface area contributed by atoms with Crippen molar-refractivity contribution in [3.05, 3.63) is 70.6 Å². The third kappa shape index (κ3) is 5.97. The number of aryl methyl sites for hydroxylation is 3. The maximum absolute atomic E-state index is 12.1. The molecule has 0 saturated carbocycles. The zero-order chi connectivity index (χ0) is 20.9. The molecule has 0 aliphatic heterocycles. The van der Waals surface area contributed by atoms with Gasteiger partial charge in [0, 0.05) is 30.3 Å². The van der Waals surface area contributed by atoms with Crippen LogP contribution in [0.1, 0.15) is 22.8 Å². The topological polar surface area (TPSA) is 102 Å². The van der Waals surface area contributed by atoms with Gasteiger partial charge in [0.25, 0.3) is 0 Å². The quantitative estimate of drug-likeness (QED) is 0.552. The zero-order valence-electron chi connectivity index (χ0n) is 16.6. The molecule has 0 unspecified atom stereocenters. The molecule has 0 fully saturated rings. The molecular formula is C20H24N6O2S. The van der Waals surface area contributed by atoms with Crippen LogP contribution in [0, 0.1) is 20.8 Å². The lowest BCUT2D eigenvalue weighted by Gasteiger charge is -2.10. The molecular weight excluding hydrogens is 388 g/mol. The molecule has 152 valence electrons. The highest BCUT2D eigenvalue weighted by atomic mass is 32.2. The Morgan fingerprint density at radius 2 is 1.79 bits per heavy atom. The Balaban J connectivity index is 1.58. The number of anilines is 1. The standard InChI is InChI=1S/C20H24N6O2S/c1-15-13-16(2)26(25-15)20-14-19(23-17(3)24-20)21-10-11-22-29(27,28)12-9-18-7-5-4-6-8-18/h4-9,12-14,22H,10-11H2,1-3H3,(H,21,23,24)/b12-9+. The fraction of sp³-hybridized carbons (Fsp3) is 0.250. The summed E-state index contributed by atoms with van der Waals surface area (Å²) in [4.78, 5) is 8.78. The Labute approximate surface area is 170 Å². The minimum Gasteiger partial charge on any atom is -0.369 e. The van der Waals surface area contributed by atoms with E-state index in [0.29, 0.717) is 24.0 Å². The molecule has 2 aromatic heterocycles. The van der Waals surface area contributed by atoms with Gasteiger partial charge in [-0.3, -0.25) is 0 Å². The largest absolute Gasteiger partial charge is 0.369 e. The number of benzene rings is 1. The van der Waals surface area contributed by atoms with Crippen LogP contribution >= 0.6 is 0 Å². The van der Waals surface area contributed by atoms with E-state index in [1.54, 1.807) is 23.7 Å². The minimum absolute atomic E-state index is 0.222. The predicted molar refractivity (Wildman–Crippen MR) is 114 cm³/mol. The molecule has 9 heteroatoms. The van der Waals surface area contributed by atoms with Gasteiger partial charge in [0.1, 0.15) is 11.6 Å². The van der Waals surface area contributed by atoms with Crippen molar-refractivity contribution >= 4 is 21.9 Å². The smallest absolute Gasteiger partial charge is 0.233 e. The summed E-state index contributed by atoms with van der Waals surface area (Å²) in [5.41, 5.74) is 2.71. The Bertz CT molecular complexity index is 1110. The van der Waals surface area contributed by atoms with E-state index in [1.165, 1.54) is 0 Å². The monoisotopic (exact) mass is 412 g/mol. The van der Waals surface area contributed by atoms with Crippen LogP contribution in [-0.2, 0) is 10.0 Å². The third-order valence-electron chi connectivity index (χ3n) is 4.02. The fourth-order valence-electron chi connectivity index (χ4n) is 2.78. The van der Waals surface area contributed by atoms with Gasteiger partial charge in [-0.25, -0.2) is 27.8 Å². The van der Waals surface area contributed by atoms with Gasteiger partial charge in [-0.2, -0.15) is 5.10 Å². The van der Waals surface area contributed by atoms with E-state index < -0.39 is 10.0 Å². The molecule has 2 N–H and O–H groups in total. The van der Waals surface area contributed by atoms with Gasteiger partial charge in [0.2, 0.25) is 10.0 Å². The molecule has 8 nitrogen and oxygen atoms in total. The van der Waals surface area contributed by atoms with Crippen molar-refractivity contribution in [1.29, 1.82) is 0 Å². The summed E-state index contributed by atoms with van der Waals surface area (Å²) in [6.45, 7) is 6.29. The maximum atomic E-state index is 12.1. The van der Waals surface area contributed by atoms with Gasteiger partial charge in [-0.05, 0) is 38.5 Å². The summed E-state index contributed by atoms with van der Waals surface area (Å²) in [5.74, 6) is 1.87. The average molecular weight is 413 g/mol. The van der Waals surface area contributed by atoms with E-state index in [9.17, 15) is 8.42 Å². The highest BCUT2D eigenvalue weighted by Gasteiger charge is 2.09. The first kappa shape index (κ1) is 20.7. The summed E-state index contributed by atoms with van der Waals surface area (Å²) in [6, 6.07) is 13.0. The first-order valence-corrected chi connectivity index (χ1v) is 10.7. The van der Waals surface area contributed by atoms with Crippen molar-refractivity contribution in [2.75, 3.05) is 18.4 Å². The van der Waals surface area contributed by atoms with Crippen LogP contribution in [-0.4, -0.2) is 41.3 Å².